The number of amides is 2. The standard InChI is InChI=1S/C9H9NO3.C2H6/c1-4-6-7(5-2)9(12)10(13-3)8(6)11;1-2/h4-5H,1-2H2,3H3;1-2H3. The van der Waals surface area contributed by atoms with Crippen molar-refractivity contribution in [2.75, 3.05) is 7.11 Å². The number of hydroxylamine groups is 2. The third kappa shape index (κ3) is 2.22. The van der Waals surface area contributed by atoms with Crippen LogP contribution in [0.3, 0.4) is 0 Å². The molecular weight excluding hydrogens is 194 g/mol. The smallest absolute Gasteiger partial charge is 0.266 e. The van der Waals surface area contributed by atoms with E-state index in [0.717, 1.165) is 0 Å². The van der Waals surface area contributed by atoms with Gasteiger partial charge in [-0.05, 0) is 0 Å². The summed E-state index contributed by atoms with van der Waals surface area (Å²) in [6, 6.07) is 0. The van der Waals surface area contributed by atoms with E-state index in [-0.39, 0.29) is 11.1 Å². The predicted molar refractivity (Wildman–Crippen MR) is 57.6 cm³/mol. The zero-order valence-electron chi connectivity index (χ0n) is 9.24. The van der Waals surface area contributed by atoms with E-state index < -0.39 is 11.8 Å². The summed E-state index contributed by atoms with van der Waals surface area (Å²) in [5, 5.41) is 0.675. The molecule has 0 aromatic heterocycles. The molecule has 1 aliphatic heterocycles. The van der Waals surface area contributed by atoms with Crippen LogP contribution in [-0.2, 0) is 14.4 Å². The van der Waals surface area contributed by atoms with Crippen LogP contribution in [0.25, 0.3) is 0 Å². The molecule has 0 saturated carbocycles. The minimum Gasteiger partial charge on any atom is -0.266 e. The van der Waals surface area contributed by atoms with Crippen molar-refractivity contribution in [1.82, 2.24) is 5.06 Å². The van der Waals surface area contributed by atoms with E-state index in [4.69, 9.17) is 0 Å². The van der Waals surface area contributed by atoms with Gasteiger partial charge in [-0.1, -0.05) is 39.2 Å². The Hall–Kier alpha value is -1.68. The molecule has 4 nitrogen and oxygen atoms in total. The number of imide groups is 1. The van der Waals surface area contributed by atoms with Gasteiger partial charge in [-0.15, -0.1) is 5.06 Å². The molecule has 0 aromatic rings. The summed E-state index contributed by atoms with van der Waals surface area (Å²) < 4.78 is 0. The number of rotatable bonds is 3. The maximum atomic E-state index is 11.4. The van der Waals surface area contributed by atoms with Crippen LogP contribution in [0.1, 0.15) is 13.8 Å². The van der Waals surface area contributed by atoms with Crippen molar-refractivity contribution in [3.05, 3.63) is 36.5 Å². The third-order valence-corrected chi connectivity index (χ3v) is 1.71. The lowest BCUT2D eigenvalue weighted by Crippen LogP contribution is -2.30. The maximum Gasteiger partial charge on any atom is 0.285 e. The first kappa shape index (κ1) is 13.3. The number of carbonyl (C=O) groups excluding carboxylic acids is 2. The van der Waals surface area contributed by atoms with Gasteiger partial charge in [0.05, 0.1) is 18.3 Å². The SMILES string of the molecule is C=CC1=C(C=C)C(=O)N(OC)C1=O.CC. The Balaban J connectivity index is 0.000000921. The van der Waals surface area contributed by atoms with Crippen molar-refractivity contribution in [1.29, 1.82) is 0 Å². The summed E-state index contributed by atoms with van der Waals surface area (Å²) >= 11 is 0. The van der Waals surface area contributed by atoms with Crippen molar-refractivity contribution in [2.45, 2.75) is 13.8 Å². The summed E-state index contributed by atoms with van der Waals surface area (Å²) in [7, 11) is 1.25. The molecule has 82 valence electrons. The Morgan fingerprint density at radius 1 is 1.07 bits per heavy atom. The van der Waals surface area contributed by atoms with Gasteiger partial charge in [0.2, 0.25) is 0 Å². The Bertz CT molecular complexity index is 299. The van der Waals surface area contributed by atoms with E-state index in [2.05, 4.69) is 18.0 Å². The van der Waals surface area contributed by atoms with Crippen LogP contribution in [0.5, 0.6) is 0 Å². The zero-order chi connectivity index (χ0) is 12.0. The number of nitrogens with zero attached hydrogens (tertiary/aromatic N) is 1. The molecule has 0 atom stereocenters. The molecule has 0 spiro atoms. The summed E-state index contributed by atoms with van der Waals surface area (Å²) in [4.78, 5) is 27.3. The molecule has 0 aliphatic carbocycles. The monoisotopic (exact) mass is 209 g/mol. The molecule has 0 N–H and O–H groups in total. The Morgan fingerprint density at radius 2 is 1.40 bits per heavy atom. The lowest BCUT2D eigenvalue weighted by Gasteiger charge is -2.09. The van der Waals surface area contributed by atoms with Crippen LogP contribution in [-0.4, -0.2) is 24.0 Å². The summed E-state index contributed by atoms with van der Waals surface area (Å²) in [6.07, 6.45) is 2.63. The molecule has 4 heteroatoms. The molecule has 1 aliphatic rings. The van der Waals surface area contributed by atoms with Crippen molar-refractivity contribution in [2.24, 2.45) is 0 Å². The van der Waals surface area contributed by atoms with Crippen molar-refractivity contribution in [3.63, 3.8) is 0 Å². The highest BCUT2D eigenvalue weighted by atomic mass is 16.7. The van der Waals surface area contributed by atoms with Crippen molar-refractivity contribution < 1.29 is 14.4 Å². The van der Waals surface area contributed by atoms with Crippen LogP contribution in [0.2, 0.25) is 0 Å². The first-order valence-corrected chi connectivity index (χ1v) is 4.59. The van der Waals surface area contributed by atoms with Crippen LogP contribution in [0.4, 0.5) is 0 Å². The second kappa shape index (κ2) is 5.93. The van der Waals surface area contributed by atoms with E-state index in [1.807, 2.05) is 13.8 Å². The predicted octanol–water partition coefficient (Wildman–Crippen LogP) is 1.61. The van der Waals surface area contributed by atoms with Gasteiger partial charge in [-0.3, -0.25) is 14.4 Å². The van der Waals surface area contributed by atoms with Gasteiger partial charge in [0.25, 0.3) is 11.8 Å². The Kier molecular flexibility index (Phi) is 5.26. The topological polar surface area (TPSA) is 46.6 Å². The first-order valence-electron chi connectivity index (χ1n) is 4.59. The summed E-state index contributed by atoms with van der Waals surface area (Å²) in [5.41, 5.74) is 0.448. The van der Waals surface area contributed by atoms with Gasteiger partial charge in [0.1, 0.15) is 0 Å². The highest BCUT2D eigenvalue weighted by molar-refractivity contribution is 6.21. The Labute approximate surface area is 89.5 Å². The highest BCUT2D eigenvalue weighted by Gasteiger charge is 2.35. The van der Waals surface area contributed by atoms with E-state index in [9.17, 15) is 9.59 Å². The van der Waals surface area contributed by atoms with Gasteiger partial charge in [0, 0.05) is 0 Å². The fourth-order valence-electron chi connectivity index (χ4n) is 1.10. The third-order valence-electron chi connectivity index (χ3n) is 1.71. The van der Waals surface area contributed by atoms with Crippen molar-refractivity contribution in [3.8, 4) is 0 Å². The molecular formula is C11H15NO3. The second-order valence-electron chi connectivity index (χ2n) is 2.32. The van der Waals surface area contributed by atoms with E-state index in [1.54, 1.807) is 0 Å². The van der Waals surface area contributed by atoms with E-state index in [0.29, 0.717) is 5.06 Å². The molecule has 1 rings (SSSR count). The molecule has 1 heterocycles. The van der Waals surface area contributed by atoms with Gasteiger partial charge >= 0.3 is 0 Å². The normalized spacial score (nSPS) is 15.0. The lowest BCUT2D eigenvalue weighted by atomic mass is 10.1. The summed E-state index contributed by atoms with van der Waals surface area (Å²) in [6.45, 7) is 10.9. The van der Waals surface area contributed by atoms with Gasteiger partial charge in [0.15, 0.2) is 0 Å². The molecule has 0 radical (unpaired) electrons. The van der Waals surface area contributed by atoms with Crippen molar-refractivity contribution >= 4 is 11.8 Å². The quantitative estimate of drug-likeness (QED) is 0.663. The lowest BCUT2D eigenvalue weighted by molar-refractivity contribution is -0.178. The number of carbonyl (C=O) groups is 2. The molecule has 0 unspecified atom stereocenters. The maximum absolute atomic E-state index is 11.4. The molecule has 15 heavy (non-hydrogen) atoms. The number of hydrogen-bond donors (Lipinski definition) is 0. The average Bonchev–Trinajstić information content (AvgIpc) is 2.51. The van der Waals surface area contributed by atoms with Gasteiger partial charge < -0.3 is 0 Å². The average molecular weight is 209 g/mol. The van der Waals surface area contributed by atoms with E-state index >= 15 is 0 Å². The minimum atomic E-state index is -0.502. The van der Waals surface area contributed by atoms with E-state index in [1.165, 1.54) is 19.3 Å². The Morgan fingerprint density at radius 3 is 1.60 bits per heavy atom. The van der Waals surface area contributed by atoms with Crippen LogP contribution in [0, 0.1) is 0 Å². The highest BCUT2D eigenvalue weighted by Crippen LogP contribution is 2.21. The number of hydrogen-bond acceptors (Lipinski definition) is 3. The van der Waals surface area contributed by atoms with Gasteiger partial charge in [-0.25, -0.2) is 0 Å². The second-order valence-corrected chi connectivity index (χ2v) is 2.32. The molecule has 0 saturated heterocycles. The fraction of sp³-hybridized carbons (Fsp3) is 0.273. The summed E-state index contributed by atoms with van der Waals surface area (Å²) in [5.74, 6) is -1.00. The fourth-order valence-corrected chi connectivity index (χ4v) is 1.10. The molecule has 0 aromatic carbocycles. The molecule has 2 amide bonds. The van der Waals surface area contributed by atoms with Gasteiger partial charge in [-0.2, -0.15) is 0 Å². The minimum absolute atomic E-state index is 0.224. The largest absolute Gasteiger partial charge is 0.285 e. The van der Waals surface area contributed by atoms with Crippen LogP contribution in [0.15, 0.2) is 36.5 Å². The molecule has 0 fully saturated rings. The first-order chi connectivity index (χ1) is 7.17. The van der Waals surface area contributed by atoms with Crippen LogP contribution < -0.4 is 0 Å². The molecule has 0 bridgehead atoms. The zero-order valence-corrected chi connectivity index (χ0v) is 9.24. The van der Waals surface area contributed by atoms with Crippen LogP contribution >= 0.6 is 0 Å².